The molecule has 0 aliphatic carbocycles. The van der Waals surface area contributed by atoms with Gasteiger partial charge in [-0.25, -0.2) is 9.78 Å². The summed E-state index contributed by atoms with van der Waals surface area (Å²) in [6, 6.07) is 4.83. The normalized spacial score (nSPS) is 17.4. The summed E-state index contributed by atoms with van der Waals surface area (Å²) >= 11 is 6.26. The van der Waals surface area contributed by atoms with E-state index in [4.69, 9.17) is 11.6 Å². The minimum absolute atomic E-state index is 0.0290. The summed E-state index contributed by atoms with van der Waals surface area (Å²) in [5, 5.41) is 10.5. The van der Waals surface area contributed by atoms with Gasteiger partial charge in [-0.3, -0.25) is 9.89 Å². The Morgan fingerprint density at radius 1 is 1.28 bits per heavy atom. The minimum atomic E-state index is -0.406. The van der Waals surface area contributed by atoms with Gasteiger partial charge in [-0.2, -0.15) is 5.10 Å². The van der Waals surface area contributed by atoms with E-state index in [1.807, 2.05) is 39.8 Å². The van der Waals surface area contributed by atoms with Crippen LogP contribution < -0.4 is 5.32 Å². The van der Waals surface area contributed by atoms with Gasteiger partial charge in [-0.05, 0) is 38.0 Å². The molecule has 0 bridgehead atoms. The molecular formula is C20H27ClN6O2. The standard InChI is InChI=1S/C20H27ClN6O2/c1-12(2)19(28)27-9-5-8-26(11-17(27)18-22-14(4)24-25-18)20(29)23-16-7-6-13(3)10-15(16)21/h6-7,10,12,17H,5,8-9,11H2,1-4H3,(H,23,29)(H,22,24,25). The molecule has 0 saturated carbocycles. The quantitative estimate of drug-likeness (QED) is 0.797. The van der Waals surface area contributed by atoms with Gasteiger partial charge in [-0.15, -0.1) is 0 Å². The lowest BCUT2D eigenvalue weighted by atomic mass is 10.1. The van der Waals surface area contributed by atoms with Crippen LogP contribution in [-0.2, 0) is 4.79 Å². The number of aryl methyl sites for hydroxylation is 2. The Morgan fingerprint density at radius 3 is 2.66 bits per heavy atom. The van der Waals surface area contributed by atoms with E-state index < -0.39 is 6.04 Å². The van der Waals surface area contributed by atoms with Crippen molar-refractivity contribution in [1.82, 2.24) is 25.0 Å². The number of halogens is 1. The average Bonchev–Trinajstić information content (AvgIpc) is 2.97. The summed E-state index contributed by atoms with van der Waals surface area (Å²) < 4.78 is 0. The molecule has 2 N–H and O–H groups in total. The van der Waals surface area contributed by atoms with Crippen LogP contribution >= 0.6 is 11.6 Å². The number of aromatic nitrogens is 3. The number of benzene rings is 1. The van der Waals surface area contributed by atoms with Crippen LogP contribution in [0.5, 0.6) is 0 Å². The van der Waals surface area contributed by atoms with Crippen LogP contribution in [0.15, 0.2) is 18.2 Å². The number of nitrogens with one attached hydrogen (secondary N) is 2. The summed E-state index contributed by atoms with van der Waals surface area (Å²) in [4.78, 5) is 33.7. The summed E-state index contributed by atoms with van der Waals surface area (Å²) in [6.07, 6.45) is 0.674. The van der Waals surface area contributed by atoms with Crippen LogP contribution in [0, 0.1) is 19.8 Å². The number of hydrogen-bond acceptors (Lipinski definition) is 4. The molecule has 9 heteroatoms. The first-order valence-electron chi connectivity index (χ1n) is 9.77. The number of anilines is 1. The molecule has 2 heterocycles. The zero-order valence-corrected chi connectivity index (χ0v) is 18.0. The zero-order valence-electron chi connectivity index (χ0n) is 17.2. The van der Waals surface area contributed by atoms with Crippen LogP contribution in [0.2, 0.25) is 5.02 Å². The lowest BCUT2D eigenvalue weighted by molar-refractivity contribution is -0.137. The Labute approximate surface area is 175 Å². The molecule has 156 valence electrons. The van der Waals surface area contributed by atoms with E-state index in [1.54, 1.807) is 15.9 Å². The molecule has 0 spiro atoms. The van der Waals surface area contributed by atoms with Gasteiger partial charge < -0.3 is 15.1 Å². The molecule has 0 radical (unpaired) electrons. The van der Waals surface area contributed by atoms with Crippen molar-refractivity contribution in [3.05, 3.63) is 40.4 Å². The lowest BCUT2D eigenvalue weighted by Crippen LogP contribution is -2.43. The fourth-order valence-corrected chi connectivity index (χ4v) is 3.69. The zero-order chi connectivity index (χ0) is 21.1. The van der Waals surface area contributed by atoms with Crippen molar-refractivity contribution in [2.45, 2.75) is 40.2 Å². The molecule has 1 atom stereocenters. The highest BCUT2D eigenvalue weighted by Gasteiger charge is 2.34. The Morgan fingerprint density at radius 2 is 2.03 bits per heavy atom. The molecule has 1 aliphatic heterocycles. The Balaban J connectivity index is 1.83. The van der Waals surface area contributed by atoms with Crippen molar-refractivity contribution in [2.24, 2.45) is 5.92 Å². The minimum Gasteiger partial charge on any atom is -0.330 e. The maximum atomic E-state index is 13.0. The van der Waals surface area contributed by atoms with Gasteiger partial charge in [-0.1, -0.05) is 31.5 Å². The molecule has 3 rings (SSSR count). The van der Waals surface area contributed by atoms with E-state index >= 15 is 0 Å². The van der Waals surface area contributed by atoms with Gasteiger partial charge in [0.05, 0.1) is 17.3 Å². The largest absolute Gasteiger partial charge is 0.330 e. The molecule has 3 amide bonds. The third-order valence-corrected chi connectivity index (χ3v) is 5.25. The molecule has 2 aromatic rings. The summed E-state index contributed by atoms with van der Waals surface area (Å²) in [5.74, 6) is 1.07. The van der Waals surface area contributed by atoms with Gasteiger partial charge in [0.1, 0.15) is 11.9 Å². The van der Waals surface area contributed by atoms with E-state index in [0.29, 0.717) is 48.4 Å². The molecule has 1 aromatic heterocycles. The lowest BCUT2D eigenvalue weighted by Gasteiger charge is -2.31. The number of hydrogen-bond donors (Lipinski definition) is 2. The predicted octanol–water partition coefficient (Wildman–Crippen LogP) is 3.54. The number of rotatable bonds is 3. The predicted molar refractivity (Wildman–Crippen MR) is 112 cm³/mol. The van der Waals surface area contributed by atoms with E-state index in [-0.39, 0.29) is 17.9 Å². The number of H-pyrrole nitrogens is 1. The SMILES string of the molecule is Cc1ccc(NC(=O)N2CCCN(C(=O)C(C)C)C(c3n[nH]c(C)n3)C2)c(Cl)c1. The van der Waals surface area contributed by atoms with E-state index in [2.05, 4.69) is 20.5 Å². The number of aromatic amines is 1. The highest BCUT2D eigenvalue weighted by molar-refractivity contribution is 6.33. The van der Waals surface area contributed by atoms with E-state index in [1.165, 1.54) is 0 Å². The van der Waals surface area contributed by atoms with Gasteiger partial charge in [0.25, 0.3) is 0 Å². The Bertz CT molecular complexity index is 897. The van der Waals surface area contributed by atoms with Gasteiger partial charge in [0.15, 0.2) is 5.82 Å². The maximum absolute atomic E-state index is 13.0. The summed E-state index contributed by atoms with van der Waals surface area (Å²) in [6.45, 7) is 8.88. The van der Waals surface area contributed by atoms with Crippen LogP contribution in [0.3, 0.4) is 0 Å². The van der Waals surface area contributed by atoms with Crippen LogP contribution in [0.25, 0.3) is 0 Å². The van der Waals surface area contributed by atoms with Crippen molar-refractivity contribution in [1.29, 1.82) is 0 Å². The third-order valence-electron chi connectivity index (χ3n) is 4.94. The molecule has 1 unspecified atom stereocenters. The van der Waals surface area contributed by atoms with Gasteiger partial charge >= 0.3 is 6.03 Å². The van der Waals surface area contributed by atoms with E-state index in [0.717, 1.165) is 5.56 Å². The number of urea groups is 1. The first-order valence-corrected chi connectivity index (χ1v) is 10.2. The summed E-state index contributed by atoms with van der Waals surface area (Å²) in [7, 11) is 0. The Kier molecular flexibility index (Phi) is 6.42. The second kappa shape index (κ2) is 8.82. The number of amides is 3. The summed E-state index contributed by atoms with van der Waals surface area (Å²) in [5.41, 5.74) is 1.58. The van der Waals surface area contributed by atoms with E-state index in [9.17, 15) is 9.59 Å². The molecule has 1 aliphatic rings. The van der Waals surface area contributed by atoms with Crippen LogP contribution in [0.1, 0.15) is 43.5 Å². The van der Waals surface area contributed by atoms with Gasteiger partial charge in [0.2, 0.25) is 5.91 Å². The number of carbonyl (C=O) groups is 2. The van der Waals surface area contributed by atoms with Crippen molar-refractivity contribution < 1.29 is 9.59 Å². The maximum Gasteiger partial charge on any atom is 0.321 e. The van der Waals surface area contributed by atoms with Gasteiger partial charge in [0, 0.05) is 19.0 Å². The third kappa shape index (κ3) is 4.87. The monoisotopic (exact) mass is 418 g/mol. The first-order chi connectivity index (χ1) is 13.8. The molecule has 1 fully saturated rings. The van der Waals surface area contributed by atoms with Crippen LogP contribution in [0.4, 0.5) is 10.5 Å². The molecule has 1 aromatic carbocycles. The number of carbonyl (C=O) groups excluding carboxylic acids is 2. The molecule has 1 saturated heterocycles. The second-order valence-electron chi connectivity index (χ2n) is 7.69. The van der Waals surface area contributed by atoms with Crippen molar-refractivity contribution in [2.75, 3.05) is 25.0 Å². The van der Waals surface area contributed by atoms with Crippen LogP contribution in [-0.4, -0.2) is 56.6 Å². The number of nitrogens with zero attached hydrogens (tertiary/aromatic N) is 4. The highest BCUT2D eigenvalue weighted by atomic mass is 35.5. The first kappa shape index (κ1) is 21.1. The topological polar surface area (TPSA) is 94.2 Å². The molecule has 29 heavy (non-hydrogen) atoms. The smallest absolute Gasteiger partial charge is 0.321 e. The molecular weight excluding hydrogens is 392 g/mol. The highest BCUT2D eigenvalue weighted by Crippen LogP contribution is 2.27. The average molecular weight is 419 g/mol. The van der Waals surface area contributed by atoms with Crippen molar-refractivity contribution in [3.8, 4) is 0 Å². The second-order valence-corrected chi connectivity index (χ2v) is 8.10. The fraction of sp³-hybridized carbons (Fsp3) is 0.500. The van der Waals surface area contributed by atoms with Crippen molar-refractivity contribution in [3.63, 3.8) is 0 Å². The van der Waals surface area contributed by atoms with Crippen molar-refractivity contribution >= 4 is 29.2 Å². The molecule has 8 nitrogen and oxygen atoms in total. The fourth-order valence-electron chi connectivity index (χ4n) is 3.41. The Hall–Kier alpha value is -2.61.